The molecule has 0 spiro atoms. The molecule has 7 heteroatoms. The molecule has 1 aliphatic heterocycles. The molecule has 0 aromatic heterocycles. The molecular weight excluding hydrogens is 358 g/mol. The highest BCUT2D eigenvalue weighted by Gasteiger charge is 2.44. The molecule has 3 atom stereocenters. The van der Waals surface area contributed by atoms with E-state index in [1.54, 1.807) is 19.1 Å². The molecule has 1 N–H and O–H groups in total. The highest BCUT2D eigenvalue weighted by Crippen LogP contribution is 2.42. The predicted octanol–water partition coefficient (Wildman–Crippen LogP) is 2.67. The maximum absolute atomic E-state index is 10.9. The Labute approximate surface area is 114 Å². The summed E-state index contributed by atoms with van der Waals surface area (Å²) in [6.45, 7) is 1.58. The van der Waals surface area contributed by atoms with Gasteiger partial charge in [-0.25, -0.2) is 0 Å². The van der Waals surface area contributed by atoms with E-state index < -0.39 is 23.2 Å². The summed E-state index contributed by atoms with van der Waals surface area (Å²) in [5.74, 6) is 0.464. The lowest BCUT2D eigenvalue weighted by Gasteiger charge is -2.30. The van der Waals surface area contributed by atoms with Crippen LogP contribution in [0.25, 0.3) is 0 Å². The first-order chi connectivity index (χ1) is 7.91. The summed E-state index contributed by atoms with van der Waals surface area (Å²) in [7, 11) is 0. The quantitative estimate of drug-likeness (QED) is 0.612. The Hall–Kier alpha value is -0.660. The van der Waals surface area contributed by atoms with Crippen LogP contribution in [0.2, 0.25) is 0 Å². The summed E-state index contributed by atoms with van der Waals surface area (Å²) in [5, 5.41) is 20.9. The van der Waals surface area contributed by atoms with Gasteiger partial charge in [-0.05, 0) is 35.0 Å². The van der Waals surface area contributed by atoms with Crippen LogP contribution in [0, 0.1) is 10.1 Å². The van der Waals surface area contributed by atoms with Gasteiger partial charge in [-0.3, -0.25) is 10.1 Å². The van der Waals surface area contributed by atoms with Crippen LogP contribution in [-0.4, -0.2) is 22.2 Å². The Kier molecular flexibility index (Phi) is 3.42. The van der Waals surface area contributed by atoms with Crippen LogP contribution in [-0.2, 0) is 0 Å². The van der Waals surface area contributed by atoms with Crippen molar-refractivity contribution in [3.05, 3.63) is 36.8 Å². The third-order valence-electron chi connectivity index (χ3n) is 2.71. The SMILES string of the molecule is C[C@@H]1Oc2c(Br)cc(Br)cc2[C@H](O)C1[N+](=O)[O-]. The Balaban J connectivity index is 2.54. The largest absolute Gasteiger partial charge is 0.482 e. The molecule has 0 radical (unpaired) electrons. The maximum Gasteiger partial charge on any atom is 0.278 e. The Morgan fingerprint density at radius 2 is 2.12 bits per heavy atom. The van der Waals surface area contributed by atoms with Gasteiger partial charge in [0.05, 0.1) is 4.47 Å². The molecule has 1 aliphatic rings. The summed E-state index contributed by atoms with van der Waals surface area (Å²) in [6, 6.07) is 2.25. The van der Waals surface area contributed by atoms with Gasteiger partial charge >= 0.3 is 0 Å². The molecule has 0 bridgehead atoms. The van der Waals surface area contributed by atoms with Crippen molar-refractivity contribution < 1.29 is 14.8 Å². The van der Waals surface area contributed by atoms with Gasteiger partial charge < -0.3 is 9.84 Å². The lowest BCUT2D eigenvalue weighted by Crippen LogP contribution is -2.44. The zero-order valence-corrected chi connectivity index (χ0v) is 11.9. The first kappa shape index (κ1) is 12.8. The number of ether oxygens (including phenoxy) is 1. The first-order valence-corrected chi connectivity index (χ1v) is 6.47. The first-order valence-electron chi connectivity index (χ1n) is 4.89. The number of halogens is 2. The summed E-state index contributed by atoms with van der Waals surface area (Å²) < 4.78 is 6.88. The molecule has 1 aromatic rings. The van der Waals surface area contributed by atoms with Gasteiger partial charge in [-0.15, -0.1) is 0 Å². The predicted molar refractivity (Wildman–Crippen MR) is 67.7 cm³/mol. The number of nitrogens with zero attached hydrogens (tertiary/aromatic N) is 1. The summed E-state index contributed by atoms with van der Waals surface area (Å²) in [4.78, 5) is 10.4. The Morgan fingerprint density at radius 1 is 1.47 bits per heavy atom. The number of aliphatic hydroxyl groups excluding tert-OH is 1. The molecule has 0 fully saturated rings. The fraction of sp³-hybridized carbons (Fsp3) is 0.400. The van der Waals surface area contributed by atoms with Crippen LogP contribution in [0.15, 0.2) is 21.1 Å². The van der Waals surface area contributed by atoms with Crippen LogP contribution in [0.5, 0.6) is 5.75 Å². The fourth-order valence-corrected chi connectivity index (χ4v) is 3.26. The third kappa shape index (κ3) is 2.19. The summed E-state index contributed by atoms with van der Waals surface area (Å²) >= 11 is 6.58. The zero-order valence-electron chi connectivity index (χ0n) is 8.76. The van der Waals surface area contributed by atoms with Crippen LogP contribution in [0.1, 0.15) is 18.6 Å². The van der Waals surface area contributed by atoms with Crippen molar-refractivity contribution in [1.82, 2.24) is 0 Å². The Bertz CT molecular complexity index is 480. The van der Waals surface area contributed by atoms with Crippen molar-refractivity contribution in [2.75, 3.05) is 0 Å². The van der Waals surface area contributed by atoms with E-state index in [0.29, 0.717) is 15.8 Å². The molecule has 0 aliphatic carbocycles. The van der Waals surface area contributed by atoms with Crippen LogP contribution >= 0.6 is 31.9 Å². The molecule has 0 saturated heterocycles. The van der Waals surface area contributed by atoms with Crippen molar-refractivity contribution in [3.8, 4) is 5.75 Å². The van der Waals surface area contributed by atoms with Gasteiger partial charge in [0.1, 0.15) is 5.75 Å². The molecule has 92 valence electrons. The number of aliphatic hydroxyl groups is 1. The minimum atomic E-state index is -1.17. The number of hydrogen-bond donors (Lipinski definition) is 1. The van der Waals surface area contributed by atoms with Gasteiger partial charge in [-0.1, -0.05) is 15.9 Å². The molecule has 2 rings (SSSR count). The molecule has 0 saturated carbocycles. The van der Waals surface area contributed by atoms with Crippen LogP contribution < -0.4 is 4.74 Å². The molecule has 17 heavy (non-hydrogen) atoms. The monoisotopic (exact) mass is 365 g/mol. The van der Waals surface area contributed by atoms with E-state index in [2.05, 4.69) is 31.9 Å². The normalized spacial score (nSPS) is 27.2. The van der Waals surface area contributed by atoms with Crippen molar-refractivity contribution in [2.24, 2.45) is 0 Å². The second kappa shape index (κ2) is 4.55. The maximum atomic E-state index is 10.9. The summed E-state index contributed by atoms with van der Waals surface area (Å²) in [5.41, 5.74) is 0.422. The van der Waals surface area contributed by atoms with E-state index in [-0.39, 0.29) is 0 Å². The number of benzene rings is 1. The lowest BCUT2D eigenvalue weighted by molar-refractivity contribution is -0.547. The van der Waals surface area contributed by atoms with E-state index in [0.717, 1.165) is 4.47 Å². The second-order valence-electron chi connectivity index (χ2n) is 3.85. The van der Waals surface area contributed by atoms with E-state index in [1.807, 2.05) is 0 Å². The van der Waals surface area contributed by atoms with Crippen molar-refractivity contribution >= 4 is 31.9 Å². The minimum absolute atomic E-state index is 0.422. The van der Waals surface area contributed by atoms with Crippen molar-refractivity contribution in [1.29, 1.82) is 0 Å². The van der Waals surface area contributed by atoms with Gasteiger partial charge in [0.15, 0.2) is 12.2 Å². The number of nitro groups is 1. The molecule has 1 heterocycles. The van der Waals surface area contributed by atoms with Crippen molar-refractivity contribution in [2.45, 2.75) is 25.2 Å². The average molecular weight is 367 g/mol. The topological polar surface area (TPSA) is 72.6 Å². The van der Waals surface area contributed by atoms with E-state index in [4.69, 9.17) is 4.74 Å². The second-order valence-corrected chi connectivity index (χ2v) is 5.62. The smallest absolute Gasteiger partial charge is 0.278 e. The van der Waals surface area contributed by atoms with Gasteiger partial charge in [0, 0.05) is 15.0 Å². The Morgan fingerprint density at radius 3 is 2.71 bits per heavy atom. The van der Waals surface area contributed by atoms with Crippen LogP contribution in [0.4, 0.5) is 0 Å². The van der Waals surface area contributed by atoms with E-state index >= 15 is 0 Å². The standard InChI is InChI=1S/C10H9Br2NO4/c1-4-8(13(15)16)9(14)6-2-5(11)3-7(12)10(6)17-4/h2-4,8-9,14H,1H3/t4-,8?,9-/m0/s1. The molecule has 1 aromatic carbocycles. The number of fused-ring (bicyclic) bond motifs is 1. The molecule has 5 nitrogen and oxygen atoms in total. The number of hydrogen-bond acceptors (Lipinski definition) is 4. The third-order valence-corrected chi connectivity index (χ3v) is 3.75. The molecule has 1 unspecified atom stereocenters. The van der Waals surface area contributed by atoms with Gasteiger partial charge in [-0.2, -0.15) is 0 Å². The summed E-state index contributed by atoms with van der Waals surface area (Å²) in [6.07, 6.45) is -1.84. The molecule has 0 amide bonds. The molecular formula is C10H9Br2NO4. The average Bonchev–Trinajstić information content (AvgIpc) is 2.19. The highest BCUT2D eigenvalue weighted by molar-refractivity contribution is 9.11. The zero-order chi connectivity index (χ0) is 12.7. The highest BCUT2D eigenvalue weighted by atomic mass is 79.9. The minimum Gasteiger partial charge on any atom is -0.482 e. The van der Waals surface area contributed by atoms with Gasteiger partial charge in [0.2, 0.25) is 0 Å². The van der Waals surface area contributed by atoms with Crippen molar-refractivity contribution in [3.63, 3.8) is 0 Å². The van der Waals surface area contributed by atoms with Gasteiger partial charge in [0.25, 0.3) is 6.04 Å². The van der Waals surface area contributed by atoms with Crippen LogP contribution in [0.3, 0.4) is 0 Å². The fourth-order valence-electron chi connectivity index (χ4n) is 1.91. The van der Waals surface area contributed by atoms with E-state index in [1.165, 1.54) is 0 Å². The van der Waals surface area contributed by atoms with E-state index in [9.17, 15) is 15.2 Å². The lowest BCUT2D eigenvalue weighted by atomic mass is 9.95. The number of rotatable bonds is 1.